The number of aryl methyl sites for hydroxylation is 3. The van der Waals surface area contributed by atoms with Crippen LogP contribution in [0.1, 0.15) is 39.5 Å². The normalized spacial score (nSPS) is 12.4. The van der Waals surface area contributed by atoms with Crippen LogP contribution < -0.4 is 10.6 Å². The molecule has 1 aromatic heterocycles. The molecule has 4 nitrogen and oxygen atoms in total. The van der Waals surface area contributed by atoms with Crippen LogP contribution in [0.2, 0.25) is 0 Å². The number of thiazole rings is 1. The minimum atomic E-state index is 0. The van der Waals surface area contributed by atoms with E-state index in [1.807, 2.05) is 7.05 Å². The fourth-order valence-corrected chi connectivity index (χ4v) is 3.60. The van der Waals surface area contributed by atoms with E-state index in [-0.39, 0.29) is 24.0 Å². The van der Waals surface area contributed by atoms with Crippen molar-refractivity contribution in [2.24, 2.45) is 4.99 Å². The van der Waals surface area contributed by atoms with E-state index in [1.54, 1.807) is 11.3 Å². The van der Waals surface area contributed by atoms with E-state index < -0.39 is 0 Å². The summed E-state index contributed by atoms with van der Waals surface area (Å²) in [6, 6.07) is 8.68. The second-order valence-corrected chi connectivity index (χ2v) is 7.47. The zero-order chi connectivity index (χ0) is 17.5. The Hall–Kier alpha value is -1.15. The molecule has 0 bridgehead atoms. The molecule has 0 aliphatic heterocycles. The zero-order valence-electron chi connectivity index (χ0n) is 15.7. The Balaban J connectivity index is 0.00000312. The molecule has 0 radical (unpaired) electrons. The fraction of sp³-hybridized carbons (Fsp3) is 0.474. The number of guanidine groups is 1. The lowest BCUT2D eigenvalue weighted by Crippen LogP contribution is -2.39. The molecule has 2 N–H and O–H groups in total. The topological polar surface area (TPSA) is 49.3 Å². The van der Waals surface area contributed by atoms with Crippen LogP contribution >= 0.6 is 35.3 Å². The van der Waals surface area contributed by atoms with Crippen molar-refractivity contribution in [1.82, 2.24) is 15.6 Å². The summed E-state index contributed by atoms with van der Waals surface area (Å²) in [4.78, 5) is 10.1. The first kappa shape index (κ1) is 21.9. The first-order chi connectivity index (χ1) is 11.5. The predicted molar refractivity (Wildman–Crippen MR) is 120 cm³/mol. The Morgan fingerprint density at radius 1 is 1.24 bits per heavy atom. The molecule has 1 heterocycles. The van der Waals surface area contributed by atoms with Gasteiger partial charge in [0.25, 0.3) is 0 Å². The van der Waals surface area contributed by atoms with E-state index >= 15 is 0 Å². The highest BCUT2D eigenvalue weighted by Crippen LogP contribution is 2.17. The van der Waals surface area contributed by atoms with E-state index in [2.05, 4.69) is 72.6 Å². The lowest BCUT2D eigenvalue weighted by atomic mass is 9.99. The minimum absolute atomic E-state index is 0. The average Bonchev–Trinajstić information content (AvgIpc) is 2.88. The van der Waals surface area contributed by atoms with Crippen LogP contribution in [0, 0.1) is 20.8 Å². The highest BCUT2D eigenvalue weighted by atomic mass is 127. The van der Waals surface area contributed by atoms with Gasteiger partial charge >= 0.3 is 0 Å². The van der Waals surface area contributed by atoms with Gasteiger partial charge in [0.05, 0.1) is 10.7 Å². The van der Waals surface area contributed by atoms with Gasteiger partial charge in [0.1, 0.15) is 0 Å². The molecule has 2 aromatic rings. The van der Waals surface area contributed by atoms with Gasteiger partial charge in [0.15, 0.2) is 5.96 Å². The standard InChI is InChI=1S/C19H28N4S.HI/c1-13-7-6-8-17(11-13)14(2)12-22-19(20-5)21-10-9-18-15(3)23-16(4)24-18;/h6-8,11,14H,9-10,12H2,1-5H3,(H2,20,21,22);1H. The van der Waals surface area contributed by atoms with E-state index in [9.17, 15) is 0 Å². The summed E-state index contributed by atoms with van der Waals surface area (Å²) in [6.45, 7) is 10.2. The van der Waals surface area contributed by atoms with Crippen molar-refractivity contribution in [1.29, 1.82) is 0 Å². The lowest BCUT2D eigenvalue weighted by Gasteiger charge is -2.16. The van der Waals surface area contributed by atoms with E-state index in [4.69, 9.17) is 0 Å². The monoisotopic (exact) mass is 472 g/mol. The molecule has 138 valence electrons. The zero-order valence-corrected chi connectivity index (χ0v) is 18.9. The van der Waals surface area contributed by atoms with Gasteiger partial charge in [-0.2, -0.15) is 0 Å². The average molecular weight is 472 g/mol. The molecule has 0 aliphatic carbocycles. The Kier molecular flexibility index (Phi) is 9.42. The van der Waals surface area contributed by atoms with Gasteiger partial charge in [0, 0.05) is 31.4 Å². The molecular weight excluding hydrogens is 443 g/mol. The summed E-state index contributed by atoms with van der Waals surface area (Å²) in [5, 5.41) is 7.95. The van der Waals surface area contributed by atoms with Crippen molar-refractivity contribution in [3.8, 4) is 0 Å². The van der Waals surface area contributed by atoms with Gasteiger partial charge in [-0.05, 0) is 32.3 Å². The number of aliphatic imine (C=N–C) groups is 1. The van der Waals surface area contributed by atoms with Crippen LogP contribution in [0.3, 0.4) is 0 Å². The van der Waals surface area contributed by atoms with Gasteiger partial charge in [-0.1, -0.05) is 36.8 Å². The largest absolute Gasteiger partial charge is 0.356 e. The van der Waals surface area contributed by atoms with Crippen molar-refractivity contribution >= 4 is 41.3 Å². The van der Waals surface area contributed by atoms with E-state index in [1.165, 1.54) is 16.0 Å². The molecule has 0 spiro atoms. The lowest BCUT2D eigenvalue weighted by molar-refractivity contribution is 0.697. The summed E-state index contributed by atoms with van der Waals surface area (Å²) in [6.07, 6.45) is 0.978. The van der Waals surface area contributed by atoms with Gasteiger partial charge in [-0.15, -0.1) is 35.3 Å². The van der Waals surface area contributed by atoms with Crippen LogP contribution in [0.15, 0.2) is 29.3 Å². The number of hydrogen-bond donors (Lipinski definition) is 2. The summed E-state index contributed by atoms with van der Waals surface area (Å²) in [7, 11) is 1.81. The number of aromatic nitrogens is 1. The predicted octanol–water partition coefficient (Wildman–Crippen LogP) is 4.20. The minimum Gasteiger partial charge on any atom is -0.356 e. The third-order valence-electron chi connectivity index (χ3n) is 4.05. The van der Waals surface area contributed by atoms with Crippen LogP contribution in [-0.2, 0) is 6.42 Å². The molecule has 25 heavy (non-hydrogen) atoms. The molecule has 0 fully saturated rings. The van der Waals surface area contributed by atoms with Crippen LogP contribution in [0.5, 0.6) is 0 Å². The second-order valence-electron chi connectivity index (χ2n) is 6.19. The molecule has 6 heteroatoms. The molecule has 2 rings (SSSR count). The molecule has 0 saturated heterocycles. The first-order valence-electron chi connectivity index (χ1n) is 8.43. The molecule has 0 saturated carbocycles. The number of halogens is 1. The van der Waals surface area contributed by atoms with Crippen molar-refractivity contribution in [2.75, 3.05) is 20.1 Å². The van der Waals surface area contributed by atoms with Crippen LogP contribution in [0.4, 0.5) is 0 Å². The van der Waals surface area contributed by atoms with Crippen molar-refractivity contribution in [2.45, 2.75) is 40.0 Å². The van der Waals surface area contributed by atoms with Gasteiger partial charge in [-0.3, -0.25) is 4.99 Å². The van der Waals surface area contributed by atoms with Crippen molar-refractivity contribution < 1.29 is 0 Å². The maximum Gasteiger partial charge on any atom is 0.191 e. The maximum absolute atomic E-state index is 4.47. The van der Waals surface area contributed by atoms with Crippen LogP contribution in [0.25, 0.3) is 0 Å². The Morgan fingerprint density at radius 2 is 2.00 bits per heavy atom. The van der Waals surface area contributed by atoms with E-state index in [0.29, 0.717) is 5.92 Å². The smallest absolute Gasteiger partial charge is 0.191 e. The Bertz CT molecular complexity index is 696. The van der Waals surface area contributed by atoms with Crippen molar-refractivity contribution in [3.05, 3.63) is 51.0 Å². The molecular formula is C19H29IN4S. The molecule has 1 aromatic carbocycles. The first-order valence-corrected chi connectivity index (χ1v) is 9.25. The van der Waals surface area contributed by atoms with Gasteiger partial charge in [0.2, 0.25) is 0 Å². The summed E-state index contributed by atoms with van der Waals surface area (Å²) >= 11 is 1.78. The number of rotatable bonds is 6. The summed E-state index contributed by atoms with van der Waals surface area (Å²) < 4.78 is 0. The fourth-order valence-electron chi connectivity index (χ4n) is 2.66. The third-order valence-corrected chi connectivity index (χ3v) is 5.19. The summed E-state index contributed by atoms with van der Waals surface area (Å²) in [5.74, 6) is 1.29. The molecule has 0 aliphatic rings. The second kappa shape index (κ2) is 10.8. The molecule has 1 unspecified atom stereocenters. The quantitative estimate of drug-likeness (QED) is 0.377. The Morgan fingerprint density at radius 3 is 2.60 bits per heavy atom. The van der Waals surface area contributed by atoms with E-state index in [0.717, 1.165) is 36.2 Å². The highest BCUT2D eigenvalue weighted by Gasteiger charge is 2.08. The summed E-state index contributed by atoms with van der Waals surface area (Å²) in [5.41, 5.74) is 3.81. The molecule has 1 atom stereocenters. The Labute approximate surface area is 172 Å². The molecule has 0 amide bonds. The van der Waals surface area contributed by atoms with Gasteiger partial charge < -0.3 is 10.6 Å². The van der Waals surface area contributed by atoms with Crippen LogP contribution in [-0.4, -0.2) is 31.1 Å². The van der Waals surface area contributed by atoms with Gasteiger partial charge in [-0.25, -0.2) is 4.98 Å². The van der Waals surface area contributed by atoms with Crippen molar-refractivity contribution in [3.63, 3.8) is 0 Å². The number of nitrogens with one attached hydrogen (secondary N) is 2. The highest BCUT2D eigenvalue weighted by molar-refractivity contribution is 14.0. The maximum atomic E-state index is 4.47. The SMILES string of the molecule is CN=C(NCCc1sc(C)nc1C)NCC(C)c1cccc(C)c1.I. The number of benzene rings is 1. The number of nitrogens with zero attached hydrogens (tertiary/aromatic N) is 2. The number of hydrogen-bond acceptors (Lipinski definition) is 3. The third kappa shape index (κ3) is 6.93.